The van der Waals surface area contributed by atoms with Gasteiger partial charge in [0.2, 0.25) is 0 Å². The minimum absolute atomic E-state index is 0.0685. The van der Waals surface area contributed by atoms with Crippen LogP contribution in [0, 0.1) is 15.4 Å². The van der Waals surface area contributed by atoms with Gasteiger partial charge in [0, 0.05) is 6.42 Å². The number of aromatic hydroxyl groups is 1. The SMILES string of the molecule is CC#Cc1sc2ncnc(NC(Cc3ccccc3O)C(=O)O)c2c1I. The smallest absolute Gasteiger partial charge is 0.326 e. The van der Waals surface area contributed by atoms with Gasteiger partial charge in [-0.2, -0.15) is 0 Å². The minimum Gasteiger partial charge on any atom is -0.508 e. The molecule has 0 radical (unpaired) electrons. The molecule has 0 aliphatic carbocycles. The predicted molar refractivity (Wildman–Crippen MR) is 110 cm³/mol. The van der Waals surface area contributed by atoms with Crippen LogP contribution in [0.2, 0.25) is 0 Å². The van der Waals surface area contributed by atoms with Gasteiger partial charge < -0.3 is 15.5 Å². The summed E-state index contributed by atoms with van der Waals surface area (Å²) in [6, 6.07) is 5.74. The van der Waals surface area contributed by atoms with Crippen LogP contribution in [0.4, 0.5) is 5.82 Å². The number of fused-ring (bicyclic) bond motifs is 1. The molecular weight excluding hydrogens is 465 g/mol. The molecule has 0 amide bonds. The number of hydrogen-bond donors (Lipinski definition) is 3. The fraction of sp³-hybridized carbons (Fsp3) is 0.167. The molecule has 1 aromatic carbocycles. The molecule has 6 nitrogen and oxygen atoms in total. The van der Waals surface area contributed by atoms with Gasteiger partial charge in [0.25, 0.3) is 0 Å². The summed E-state index contributed by atoms with van der Waals surface area (Å²) in [5, 5.41) is 23.3. The molecule has 2 aromatic heterocycles. The van der Waals surface area contributed by atoms with E-state index in [-0.39, 0.29) is 12.2 Å². The van der Waals surface area contributed by atoms with Crippen molar-refractivity contribution in [3.8, 4) is 17.6 Å². The van der Waals surface area contributed by atoms with Crippen LogP contribution in [-0.4, -0.2) is 32.2 Å². The number of thiophene rings is 1. The van der Waals surface area contributed by atoms with Gasteiger partial charge in [-0.15, -0.1) is 17.3 Å². The minimum atomic E-state index is -1.03. The van der Waals surface area contributed by atoms with Crippen LogP contribution >= 0.6 is 33.9 Å². The second-order valence-corrected chi connectivity index (χ2v) is 7.47. The molecule has 1 atom stereocenters. The quantitative estimate of drug-likeness (QED) is 0.383. The van der Waals surface area contributed by atoms with Gasteiger partial charge in [-0.1, -0.05) is 24.1 Å². The van der Waals surface area contributed by atoms with E-state index in [0.29, 0.717) is 11.4 Å². The van der Waals surface area contributed by atoms with Crippen LogP contribution in [0.1, 0.15) is 17.4 Å². The summed E-state index contributed by atoms with van der Waals surface area (Å²) in [6.07, 6.45) is 1.52. The number of benzene rings is 1. The molecule has 1 unspecified atom stereocenters. The largest absolute Gasteiger partial charge is 0.508 e. The van der Waals surface area contributed by atoms with Crippen molar-refractivity contribution in [2.45, 2.75) is 19.4 Å². The Morgan fingerprint density at radius 3 is 2.85 bits per heavy atom. The van der Waals surface area contributed by atoms with Crippen LogP contribution in [0.5, 0.6) is 5.75 Å². The second-order valence-electron chi connectivity index (χ2n) is 5.39. The van der Waals surface area contributed by atoms with E-state index in [4.69, 9.17) is 0 Å². The summed E-state index contributed by atoms with van der Waals surface area (Å²) in [6.45, 7) is 1.76. The van der Waals surface area contributed by atoms with Gasteiger partial charge in [-0.05, 0) is 41.1 Å². The van der Waals surface area contributed by atoms with Gasteiger partial charge in [-0.3, -0.25) is 0 Å². The number of phenolic OH excluding ortho intramolecular Hbond substituents is 1. The van der Waals surface area contributed by atoms with Crippen molar-refractivity contribution in [2.75, 3.05) is 5.32 Å². The lowest BCUT2D eigenvalue weighted by Crippen LogP contribution is -2.32. The summed E-state index contributed by atoms with van der Waals surface area (Å²) >= 11 is 3.62. The highest BCUT2D eigenvalue weighted by Gasteiger charge is 2.23. The second kappa shape index (κ2) is 7.88. The van der Waals surface area contributed by atoms with Gasteiger partial charge in [0.1, 0.15) is 28.8 Å². The Balaban J connectivity index is 1.98. The van der Waals surface area contributed by atoms with E-state index in [9.17, 15) is 15.0 Å². The number of aromatic nitrogens is 2. The molecule has 0 fully saturated rings. The predicted octanol–water partition coefficient (Wildman–Crippen LogP) is 3.48. The maximum atomic E-state index is 11.7. The number of carboxylic acid groups (broad SMARTS) is 1. The number of nitrogens with zero attached hydrogens (tertiary/aromatic N) is 2. The number of para-hydroxylation sites is 1. The Hall–Kier alpha value is -2.38. The first kappa shape index (κ1) is 18.4. The van der Waals surface area contributed by atoms with Crippen molar-refractivity contribution in [1.82, 2.24) is 9.97 Å². The molecule has 26 heavy (non-hydrogen) atoms. The molecule has 0 aliphatic rings. The van der Waals surface area contributed by atoms with E-state index in [1.54, 1.807) is 25.1 Å². The average molecular weight is 479 g/mol. The molecule has 0 aliphatic heterocycles. The number of phenols is 1. The lowest BCUT2D eigenvalue weighted by Gasteiger charge is -2.16. The molecule has 0 bridgehead atoms. The first-order chi connectivity index (χ1) is 12.5. The van der Waals surface area contributed by atoms with Gasteiger partial charge in [0.05, 0.1) is 13.8 Å². The summed E-state index contributed by atoms with van der Waals surface area (Å²) in [5.74, 6) is 5.39. The van der Waals surface area contributed by atoms with E-state index in [2.05, 4.69) is 49.7 Å². The molecule has 0 saturated heterocycles. The first-order valence-electron chi connectivity index (χ1n) is 7.63. The zero-order valence-corrected chi connectivity index (χ0v) is 16.6. The molecule has 132 valence electrons. The van der Waals surface area contributed by atoms with Crippen LogP contribution in [0.25, 0.3) is 10.2 Å². The van der Waals surface area contributed by atoms with Crippen LogP contribution < -0.4 is 5.32 Å². The standard InChI is InChI=1S/C18H14IN3O3S/c1-2-5-13-15(19)14-16(20-9-21-17(14)26-13)22-11(18(24)25)8-10-6-3-4-7-12(10)23/h3-4,6-7,9,11,23H,8H2,1H3,(H,24,25)(H,20,21,22). The number of rotatable bonds is 5. The summed E-state index contributed by atoms with van der Waals surface area (Å²) in [4.78, 5) is 21.9. The molecule has 2 heterocycles. The highest BCUT2D eigenvalue weighted by Crippen LogP contribution is 2.34. The monoisotopic (exact) mass is 479 g/mol. The Labute approximate surface area is 167 Å². The van der Waals surface area contributed by atoms with Crippen LogP contribution in [0.3, 0.4) is 0 Å². The molecule has 3 rings (SSSR count). The van der Waals surface area contributed by atoms with Crippen molar-refractivity contribution in [3.63, 3.8) is 0 Å². The van der Waals surface area contributed by atoms with Crippen molar-refractivity contribution >= 4 is 55.9 Å². The van der Waals surface area contributed by atoms with E-state index in [1.807, 2.05) is 0 Å². The highest BCUT2D eigenvalue weighted by atomic mass is 127. The van der Waals surface area contributed by atoms with Crippen molar-refractivity contribution in [3.05, 3.63) is 44.6 Å². The topological polar surface area (TPSA) is 95.3 Å². The molecule has 0 saturated carbocycles. The van der Waals surface area contributed by atoms with Crippen LogP contribution in [-0.2, 0) is 11.2 Å². The Bertz CT molecular complexity index is 1040. The third kappa shape index (κ3) is 3.73. The third-order valence-corrected chi connectivity index (χ3v) is 6.15. The molecular formula is C18H14IN3O3S. The van der Waals surface area contributed by atoms with Crippen LogP contribution in [0.15, 0.2) is 30.6 Å². The summed E-state index contributed by atoms with van der Waals surface area (Å²) < 4.78 is 0.895. The third-order valence-electron chi connectivity index (χ3n) is 3.69. The zero-order valence-electron chi connectivity index (χ0n) is 13.7. The van der Waals surface area contributed by atoms with E-state index in [1.165, 1.54) is 23.7 Å². The first-order valence-corrected chi connectivity index (χ1v) is 9.52. The van der Waals surface area contributed by atoms with Gasteiger partial charge >= 0.3 is 5.97 Å². The number of carboxylic acids is 1. The molecule has 3 N–H and O–H groups in total. The number of halogens is 1. The molecule has 3 aromatic rings. The lowest BCUT2D eigenvalue weighted by atomic mass is 10.0. The Morgan fingerprint density at radius 2 is 2.15 bits per heavy atom. The normalized spacial score (nSPS) is 11.6. The fourth-order valence-electron chi connectivity index (χ4n) is 2.47. The van der Waals surface area contributed by atoms with Gasteiger partial charge in [-0.25, -0.2) is 14.8 Å². The van der Waals surface area contributed by atoms with E-state index < -0.39 is 12.0 Å². The Morgan fingerprint density at radius 1 is 1.38 bits per heavy atom. The van der Waals surface area contributed by atoms with Gasteiger partial charge in [0.15, 0.2) is 0 Å². The highest BCUT2D eigenvalue weighted by molar-refractivity contribution is 14.1. The number of aliphatic carboxylic acids is 1. The maximum Gasteiger partial charge on any atom is 0.326 e. The number of hydrogen-bond acceptors (Lipinski definition) is 6. The molecule has 8 heteroatoms. The lowest BCUT2D eigenvalue weighted by molar-refractivity contribution is -0.137. The Kier molecular flexibility index (Phi) is 5.58. The summed E-state index contributed by atoms with van der Waals surface area (Å²) in [5.41, 5.74) is 0.551. The van der Waals surface area contributed by atoms with Crippen molar-refractivity contribution in [1.29, 1.82) is 0 Å². The molecule has 0 spiro atoms. The zero-order chi connectivity index (χ0) is 18.7. The maximum absolute atomic E-state index is 11.7. The van der Waals surface area contributed by atoms with Crippen molar-refractivity contribution < 1.29 is 15.0 Å². The van der Waals surface area contributed by atoms with Crippen molar-refractivity contribution in [2.24, 2.45) is 0 Å². The van der Waals surface area contributed by atoms with E-state index >= 15 is 0 Å². The van der Waals surface area contributed by atoms with E-state index in [0.717, 1.165) is 18.7 Å². The fourth-order valence-corrected chi connectivity index (χ4v) is 4.57. The number of carbonyl (C=O) groups is 1. The average Bonchev–Trinajstić information content (AvgIpc) is 2.93. The summed E-state index contributed by atoms with van der Waals surface area (Å²) in [7, 11) is 0. The number of nitrogens with one attached hydrogen (secondary N) is 1. The number of anilines is 1.